The molecule has 1 amide bonds. The Morgan fingerprint density at radius 1 is 0.893 bits per heavy atom. The average Bonchev–Trinajstić information content (AvgIpc) is 3.21. The molecule has 0 spiro atoms. The first kappa shape index (κ1) is 18.3. The minimum Gasteiger partial charge on any atom is -0.493 e. The molecule has 4 rings (SSSR count). The number of amides is 1. The van der Waals surface area contributed by atoms with Gasteiger partial charge in [0, 0.05) is 18.5 Å². The summed E-state index contributed by atoms with van der Waals surface area (Å²) >= 11 is 0. The highest BCUT2D eigenvalue weighted by Gasteiger charge is 2.14. The molecule has 28 heavy (non-hydrogen) atoms. The molecule has 4 nitrogen and oxygen atoms in total. The molecule has 142 valence electrons. The van der Waals surface area contributed by atoms with E-state index < -0.39 is 0 Å². The molecule has 1 aliphatic heterocycles. The van der Waals surface area contributed by atoms with Crippen molar-refractivity contribution >= 4 is 5.91 Å². The van der Waals surface area contributed by atoms with Crippen molar-refractivity contribution in [3.63, 3.8) is 0 Å². The molecule has 0 unspecified atom stereocenters. The van der Waals surface area contributed by atoms with Gasteiger partial charge in [0.25, 0.3) is 5.91 Å². The molecule has 0 saturated heterocycles. The number of benzene rings is 3. The van der Waals surface area contributed by atoms with Crippen LogP contribution in [0.2, 0.25) is 0 Å². The Hall–Kier alpha value is -3.11. The summed E-state index contributed by atoms with van der Waals surface area (Å²) in [5, 5.41) is 2.98. The molecule has 1 heterocycles. The molecule has 3 aromatic carbocycles. The molecule has 1 aliphatic rings. The number of hydrogen-bond donors (Lipinski definition) is 1. The van der Waals surface area contributed by atoms with E-state index in [1.165, 1.54) is 5.56 Å². The second kappa shape index (κ2) is 8.72. The summed E-state index contributed by atoms with van der Waals surface area (Å²) in [6.45, 7) is 2.36. The van der Waals surface area contributed by atoms with Crippen LogP contribution in [-0.2, 0) is 30.9 Å². The number of fused-ring (bicyclic) bond motifs is 1. The van der Waals surface area contributed by atoms with E-state index in [1.54, 1.807) is 0 Å². The van der Waals surface area contributed by atoms with Crippen LogP contribution in [0.15, 0.2) is 72.8 Å². The van der Waals surface area contributed by atoms with E-state index in [9.17, 15) is 4.79 Å². The molecule has 0 fully saturated rings. The largest absolute Gasteiger partial charge is 0.493 e. The zero-order valence-corrected chi connectivity index (χ0v) is 15.7. The van der Waals surface area contributed by atoms with Gasteiger partial charge < -0.3 is 14.8 Å². The molecule has 0 atom stereocenters. The molecular weight excluding hydrogens is 350 g/mol. The van der Waals surface area contributed by atoms with Crippen molar-refractivity contribution in [3.8, 4) is 5.75 Å². The number of carbonyl (C=O) groups excluding carboxylic acids is 1. The van der Waals surface area contributed by atoms with E-state index >= 15 is 0 Å². The highest BCUT2D eigenvalue weighted by atomic mass is 16.5. The first-order valence-corrected chi connectivity index (χ1v) is 9.51. The highest BCUT2D eigenvalue weighted by molar-refractivity contribution is 5.94. The molecule has 1 N–H and O–H groups in total. The molecule has 0 aromatic heterocycles. The lowest BCUT2D eigenvalue weighted by atomic mass is 10.1. The Bertz CT molecular complexity index is 936. The SMILES string of the molecule is O=C(NCc1ccc(COCc2ccccc2)cc1)c1ccc2c(c1)CCO2. The first-order valence-electron chi connectivity index (χ1n) is 9.51. The number of nitrogens with one attached hydrogen (secondary N) is 1. The standard InChI is InChI=1S/C24H23NO3/c26-24(22-10-11-23-21(14-22)12-13-28-23)25-15-18-6-8-20(9-7-18)17-27-16-19-4-2-1-3-5-19/h1-11,14H,12-13,15-17H2,(H,25,26). The van der Waals surface area contributed by atoms with Crippen LogP contribution in [0, 0.1) is 0 Å². The zero-order valence-electron chi connectivity index (χ0n) is 15.7. The van der Waals surface area contributed by atoms with E-state index in [-0.39, 0.29) is 5.91 Å². The van der Waals surface area contributed by atoms with Gasteiger partial charge in [-0.2, -0.15) is 0 Å². The lowest BCUT2D eigenvalue weighted by molar-refractivity contribution is 0.0950. The van der Waals surface area contributed by atoms with Gasteiger partial charge in [-0.25, -0.2) is 0 Å². The fourth-order valence-electron chi connectivity index (χ4n) is 3.23. The minimum absolute atomic E-state index is 0.0648. The minimum atomic E-state index is -0.0648. The highest BCUT2D eigenvalue weighted by Crippen LogP contribution is 2.25. The number of ether oxygens (including phenoxy) is 2. The number of carbonyl (C=O) groups is 1. The van der Waals surface area contributed by atoms with Crippen LogP contribution in [0.3, 0.4) is 0 Å². The summed E-state index contributed by atoms with van der Waals surface area (Å²) < 4.78 is 11.2. The van der Waals surface area contributed by atoms with Crippen molar-refractivity contribution < 1.29 is 14.3 Å². The molecule has 0 bridgehead atoms. The van der Waals surface area contributed by atoms with E-state index in [4.69, 9.17) is 9.47 Å². The van der Waals surface area contributed by atoms with E-state index in [0.29, 0.717) is 31.9 Å². The van der Waals surface area contributed by atoms with Crippen LogP contribution in [0.4, 0.5) is 0 Å². The van der Waals surface area contributed by atoms with Gasteiger partial charge in [0.2, 0.25) is 0 Å². The monoisotopic (exact) mass is 373 g/mol. The van der Waals surface area contributed by atoms with Crippen molar-refractivity contribution in [2.75, 3.05) is 6.61 Å². The Kier molecular flexibility index (Phi) is 5.69. The molecule has 3 aromatic rings. The topological polar surface area (TPSA) is 47.6 Å². The average molecular weight is 373 g/mol. The van der Waals surface area contributed by atoms with Crippen LogP contribution >= 0.6 is 0 Å². The van der Waals surface area contributed by atoms with Gasteiger partial charge >= 0.3 is 0 Å². The van der Waals surface area contributed by atoms with E-state index in [0.717, 1.165) is 28.9 Å². The van der Waals surface area contributed by atoms with Gasteiger partial charge in [0.15, 0.2) is 0 Å². The van der Waals surface area contributed by atoms with Crippen LogP contribution < -0.4 is 10.1 Å². The first-order chi connectivity index (χ1) is 13.8. The normalized spacial score (nSPS) is 12.3. The summed E-state index contributed by atoms with van der Waals surface area (Å²) in [6, 6.07) is 23.9. The number of hydrogen-bond acceptors (Lipinski definition) is 3. The fourth-order valence-corrected chi connectivity index (χ4v) is 3.23. The smallest absolute Gasteiger partial charge is 0.251 e. The lowest BCUT2D eigenvalue weighted by Crippen LogP contribution is -2.22. The lowest BCUT2D eigenvalue weighted by Gasteiger charge is -2.08. The second-order valence-electron chi connectivity index (χ2n) is 6.90. The van der Waals surface area contributed by atoms with Gasteiger partial charge in [0.1, 0.15) is 5.75 Å². The summed E-state index contributed by atoms with van der Waals surface area (Å²) in [6.07, 6.45) is 0.865. The van der Waals surface area contributed by atoms with Crippen molar-refractivity contribution in [1.82, 2.24) is 5.32 Å². The van der Waals surface area contributed by atoms with Crippen LogP contribution in [0.1, 0.15) is 32.6 Å². The summed E-state index contributed by atoms with van der Waals surface area (Å²) in [5.74, 6) is 0.826. The maximum absolute atomic E-state index is 12.4. The van der Waals surface area contributed by atoms with Crippen molar-refractivity contribution in [2.24, 2.45) is 0 Å². The molecule has 4 heteroatoms. The van der Waals surface area contributed by atoms with Gasteiger partial charge in [-0.05, 0) is 40.5 Å². The van der Waals surface area contributed by atoms with E-state index in [2.05, 4.69) is 17.4 Å². The Morgan fingerprint density at radius 3 is 2.39 bits per heavy atom. The van der Waals surface area contributed by atoms with E-state index in [1.807, 2.05) is 60.7 Å². The molecular formula is C24H23NO3. The maximum atomic E-state index is 12.4. The predicted octanol–water partition coefficient (Wildman–Crippen LogP) is 4.27. The van der Waals surface area contributed by atoms with Gasteiger partial charge in [-0.15, -0.1) is 0 Å². The van der Waals surface area contributed by atoms with Crippen LogP contribution in [0.25, 0.3) is 0 Å². The Balaban J connectivity index is 1.25. The van der Waals surface area contributed by atoms with Gasteiger partial charge in [-0.3, -0.25) is 4.79 Å². The third-order valence-corrected chi connectivity index (χ3v) is 4.81. The second-order valence-corrected chi connectivity index (χ2v) is 6.90. The Labute approximate surface area is 165 Å². The van der Waals surface area contributed by atoms with Gasteiger partial charge in [0.05, 0.1) is 19.8 Å². The zero-order chi connectivity index (χ0) is 19.2. The summed E-state index contributed by atoms with van der Waals surface area (Å²) in [5.41, 5.74) is 5.12. The number of rotatable bonds is 7. The summed E-state index contributed by atoms with van der Waals surface area (Å²) in [7, 11) is 0. The Morgan fingerprint density at radius 2 is 1.61 bits per heavy atom. The molecule has 0 saturated carbocycles. The van der Waals surface area contributed by atoms with Crippen molar-refractivity contribution in [1.29, 1.82) is 0 Å². The molecule has 0 radical (unpaired) electrons. The molecule has 0 aliphatic carbocycles. The predicted molar refractivity (Wildman–Crippen MR) is 108 cm³/mol. The van der Waals surface area contributed by atoms with Crippen molar-refractivity contribution in [2.45, 2.75) is 26.2 Å². The fraction of sp³-hybridized carbons (Fsp3) is 0.208. The third-order valence-electron chi connectivity index (χ3n) is 4.81. The third kappa shape index (κ3) is 4.59. The quantitative estimate of drug-likeness (QED) is 0.673. The van der Waals surface area contributed by atoms with Crippen LogP contribution in [0.5, 0.6) is 5.75 Å². The van der Waals surface area contributed by atoms with Crippen LogP contribution in [-0.4, -0.2) is 12.5 Å². The maximum Gasteiger partial charge on any atom is 0.251 e. The summed E-state index contributed by atoms with van der Waals surface area (Å²) in [4.78, 5) is 12.4. The van der Waals surface area contributed by atoms with Crippen molar-refractivity contribution in [3.05, 3.63) is 101 Å². The van der Waals surface area contributed by atoms with Gasteiger partial charge in [-0.1, -0.05) is 54.6 Å².